The van der Waals surface area contributed by atoms with E-state index in [0.29, 0.717) is 0 Å². The van der Waals surface area contributed by atoms with E-state index in [0.717, 1.165) is 6.42 Å². The Hall–Kier alpha value is -6.76. The Bertz CT molecular complexity index is 2740. The van der Waals surface area contributed by atoms with E-state index in [4.69, 9.17) is 0 Å². The maximum absolute atomic E-state index is 2.33. The highest BCUT2D eigenvalue weighted by Gasteiger charge is 2.11. The average molecular weight is 988 g/mol. The van der Waals surface area contributed by atoms with E-state index in [2.05, 4.69) is 237 Å². The molecule has 0 fully saturated rings. The van der Waals surface area contributed by atoms with Crippen molar-refractivity contribution in [1.29, 1.82) is 0 Å². The minimum atomic E-state index is 1.16. The summed E-state index contributed by atoms with van der Waals surface area (Å²) in [6, 6.07) is 68.8. The zero-order valence-corrected chi connectivity index (χ0v) is 50.0. The van der Waals surface area contributed by atoms with Crippen molar-refractivity contribution in [3.63, 3.8) is 0 Å². The van der Waals surface area contributed by atoms with Crippen LogP contribution < -0.4 is 0 Å². The number of rotatable bonds is 5. The maximum Gasteiger partial charge on any atom is -0.0149 e. The summed E-state index contributed by atoms with van der Waals surface area (Å²) < 4.78 is 0. The van der Waals surface area contributed by atoms with Crippen LogP contribution in [0.4, 0.5) is 0 Å². The number of benzene rings is 8. The molecule has 0 aliphatic heterocycles. The van der Waals surface area contributed by atoms with Crippen molar-refractivity contribution in [2.24, 2.45) is 0 Å². The predicted molar refractivity (Wildman–Crippen MR) is 340 cm³/mol. The summed E-state index contributed by atoms with van der Waals surface area (Å²) in [6.07, 6.45) is 6.92. The summed E-state index contributed by atoms with van der Waals surface area (Å²) in [7, 11) is 0. The maximum atomic E-state index is 2.33. The highest BCUT2D eigenvalue weighted by atomic mass is 14.2. The third-order valence-corrected chi connectivity index (χ3v) is 11.5. The summed E-state index contributed by atoms with van der Waals surface area (Å²) >= 11 is 0. The van der Waals surface area contributed by atoms with Crippen LogP contribution in [0.2, 0.25) is 0 Å². The molecule has 0 heteroatoms. The van der Waals surface area contributed by atoms with Crippen molar-refractivity contribution in [3.05, 3.63) is 256 Å². The normalized spacial score (nSPS) is 10.2. The minimum Gasteiger partial charge on any atom is -0.0836 e. The lowest BCUT2D eigenvalue weighted by Gasteiger charge is -2.16. The summed E-state index contributed by atoms with van der Waals surface area (Å²) in [5.41, 5.74) is 24.0. The molecule has 0 aromatic heterocycles. The van der Waals surface area contributed by atoms with Crippen molar-refractivity contribution in [1.82, 2.24) is 0 Å². The van der Waals surface area contributed by atoms with Gasteiger partial charge in [0.1, 0.15) is 0 Å². The third kappa shape index (κ3) is 23.0. The molecule has 0 saturated carbocycles. The van der Waals surface area contributed by atoms with Gasteiger partial charge in [-0.25, -0.2) is 0 Å². The van der Waals surface area contributed by atoms with Gasteiger partial charge >= 0.3 is 0 Å². The van der Waals surface area contributed by atoms with Gasteiger partial charge in [-0.2, -0.15) is 0 Å². The molecule has 0 spiro atoms. The lowest BCUT2D eigenvalue weighted by atomic mass is 9.89. The van der Waals surface area contributed by atoms with Crippen LogP contribution in [0.25, 0.3) is 50.1 Å². The van der Waals surface area contributed by atoms with Crippen LogP contribution in [0.3, 0.4) is 0 Å². The van der Waals surface area contributed by atoms with Crippen molar-refractivity contribution >= 4 is 5.57 Å². The molecule has 8 aromatic rings. The molecule has 74 heavy (non-hydrogen) atoms. The third-order valence-electron chi connectivity index (χ3n) is 11.5. The van der Waals surface area contributed by atoms with E-state index < -0.39 is 0 Å². The number of hydrogen-bond donors (Lipinski definition) is 0. The first-order chi connectivity index (χ1) is 36.1. The standard InChI is InChI=1S/C27H26.C15H16.C13H12.C7H8.6C2H6/c1-19-9-4-6-13-25(19)24-12-8-11-22(18-24)23-15-16-27(21(3)17-23)26-14-7-5-10-20(26)2;1-11-8-9-13(3)15(10-11)14-7-5-4-6-12(14)2;1-11-6-5-9-13(10-11)12-7-3-2-4-8-12;1-7-5-3-2-4-6-7;6*1-2/h4,6-9,11-18H,5,10H2,1-3H3;4-10H,1-3H3;2-10H,1H3;2-6H,1H3;6*1-2H3. The molecule has 0 amide bonds. The second-order valence-corrected chi connectivity index (χ2v) is 16.6. The monoisotopic (exact) mass is 987 g/mol. The molecule has 0 nitrogen and oxygen atoms in total. The van der Waals surface area contributed by atoms with Gasteiger partial charge in [-0.3, -0.25) is 0 Å². The first-order valence-electron chi connectivity index (χ1n) is 28.0. The fraction of sp³-hybridized carbons (Fsp3) is 0.297. The summed E-state index contributed by atoms with van der Waals surface area (Å²) in [6.45, 7) is 41.3. The summed E-state index contributed by atoms with van der Waals surface area (Å²) in [4.78, 5) is 0. The largest absolute Gasteiger partial charge is 0.0836 e. The lowest BCUT2D eigenvalue weighted by molar-refractivity contribution is 0.967. The predicted octanol–water partition coefficient (Wildman–Crippen LogP) is 23.9. The van der Waals surface area contributed by atoms with E-state index in [-0.39, 0.29) is 0 Å². The fourth-order valence-electron chi connectivity index (χ4n) is 7.90. The number of hydrogen-bond acceptors (Lipinski definition) is 0. The van der Waals surface area contributed by atoms with E-state index in [9.17, 15) is 0 Å². The van der Waals surface area contributed by atoms with Gasteiger partial charge in [0.05, 0.1) is 0 Å². The molecule has 1 aliphatic rings. The molecule has 0 atom stereocenters. The Morgan fingerprint density at radius 3 is 1.20 bits per heavy atom. The van der Waals surface area contributed by atoms with Crippen molar-refractivity contribution < 1.29 is 0 Å². The summed E-state index contributed by atoms with van der Waals surface area (Å²) in [5, 5.41) is 0. The molecule has 394 valence electrons. The summed E-state index contributed by atoms with van der Waals surface area (Å²) in [5.74, 6) is 0. The van der Waals surface area contributed by atoms with E-state index >= 15 is 0 Å². The van der Waals surface area contributed by atoms with Gasteiger partial charge in [0.2, 0.25) is 0 Å². The average Bonchev–Trinajstić information content (AvgIpc) is 3.46. The highest BCUT2D eigenvalue weighted by molar-refractivity contribution is 5.82. The Labute approximate surface area is 455 Å². The Morgan fingerprint density at radius 2 is 0.689 bits per heavy atom. The van der Waals surface area contributed by atoms with Crippen LogP contribution in [-0.4, -0.2) is 0 Å². The molecule has 1 aliphatic carbocycles. The van der Waals surface area contributed by atoms with E-state index in [1.165, 1.54) is 107 Å². The first kappa shape index (κ1) is 67.2. The van der Waals surface area contributed by atoms with Crippen molar-refractivity contribution in [2.75, 3.05) is 0 Å². The molecule has 8 aromatic carbocycles. The van der Waals surface area contributed by atoms with E-state index in [1.807, 2.05) is 107 Å². The second kappa shape index (κ2) is 40.7. The molecule has 0 bridgehead atoms. The van der Waals surface area contributed by atoms with E-state index in [1.54, 1.807) is 0 Å². The van der Waals surface area contributed by atoms with Crippen LogP contribution in [0.15, 0.2) is 212 Å². The SMILES string of the molecule is CC.CC.CC.CC.CC.CC.CC1=C(c2ccc(-c3cccc(-c4ccccc4C)c3)cc2C)C=CCC1.Cc1ccc(C)c(-c2ccccc2C)c1.Cc1cccc(-c2ccccc2)c1.Cc1ccccc1. The van der Waals surface area contributed by atoms with Gasteiger partial charge in [0.15, 0.2) is 0 Å². The van der Waals surface area contributed by atoms with Gasteiger partial charge in [-0.05, 0) is 152 Å². The first-order valence-corrected chi connectivity index (χ1v) is 28.0. The topological polar surface area (TPSA) is 0 Å². The molecule has 0 unspecified atom stereocenters. The molecule has 9 rings (SSSR count). The molecule has 0 saturated heterocycles. The molecular weight excluding hydrogens is 889 g/mol. The van der Waals surface area contributed by atoms with Crippen LogP contribution in [-0.2, 0) is 0 Å². The molecular formula is C74H98. The van der Waals surface area contributed by atoms with Gasteiger partial charge in [0, 0.05) is 0 Å². The zero-order valence-electron chi connectivity index (χ0n) is 50.0. The van der Waals surface area contributed by atoms with Crippen LogP contribution in [0, 0.1) is 48.5 Å². The van der Waals surface area contributed by atoms with Gasteiger partial charge in [0.25, 0.3) is 0 Å². The number of aryl methyl sites for hydroxylation is 7. The highest BCUT2D eigenvalue weighted by Crippen LogP contribution is 2.34. The molecule has 0 N–H and O–H groups in total. The molecule has 0 radical (unpaired) electrons. The zero-order chi connectivity index (χ0) is 55.8. The quantitative estimate of drug-likeness (QED) is 0.161. The Balaban J connectivity index is 0.000000969. The smallest absolute Gasteiger partial charge is 0.0149 e. The lowest BCUT2D eigenvalue weighted by Crippen LogP contribution is -1.95. The molecule has 0 heterocycles. The fourth-order valence-corrected chi connectivity index (χ4v) is 7.90. The van der Waals surface area contributed by atoms with Crippen molar-refractivity contribution in [2.45, 2.75) is 151 Å². The van der Waals surface area contributed by atoms with Crippen LogP contribution in [0.1, 0.15) is 147 Å². The van der Waals surface area contributed by atoms with Crippen LogP contribution >= 0.6 is 0 Å². The Morgan fingerprint density at radius 1 is 0.257 bits per heavy atom. The van der Waals surface area contributed by atoms with Crippen molar-refractivity contribution in [3.8, 4) is 44.5 Å². The van der Waals surface area contributed by atoms with Gasteiger partial charge < -0.3 is 0 Å². The van der Waals surface area contributed by atoms with Gasteiger partial charge in [-0.1, -0.05) is 306 Å². The van der Waals surface area contributed by atoms with Crippen LogP contribution in [0.5, 0.6) is 0 Å². The number of allylic oxidation sites excluding steroid dienone is 4. The second-order valence-electron chi connectivity index (χ2n) is 16.6. The minimum absolute atomic E-state index is 1.16. The van der Waals surface area contributed by atoms with Gasteiger partial charge in [-0.15, -0.1) is 0 Å². The Kier molecular flexibility index (Phi) is 37.0.